The number of allylic oxidation sites excluding steroid dienone is 2. The SMILES string of the molecule is O=C(CCC/C=C\C[C@H]1[C@@H](CCC(O)CCc2ccccc2)[C@@H](O)C[C@@H]1O)OCCCCO[N+](=O)[O-]. The fourth-order valence-electron chi connectivity index (χ4n) is 4.75. The van der Waals surface area contributed by atoms with Crippen LogP contribution in [0, 0.1) is 22.0 Å². The number of ether oxygens (including phenoxy) is 1. The minimum Gasteiger partial charge on any atom is -0.466 e. The zero-order chi connectivity index (χ0) is 26.2. The minimum atomic E-state index is -0.839. The highest BCUT2D eigenvalue weighted by Crippen LogP contribution is 2.38. The smallest absolute Gasteiger partial charge is 0.305 e. The van der Waals surface area contributed by atoms with Gasteiger partial charge in [0.25, 0.3) is 5.09 Å². The standard InChI is InChI=1S/C27H41NO8/c29-22(15-14-21-10-4-3-5-11-21)16-17-24-23(25(30)20-26(24)31)12-6-1-2-7-13-27(32)35-18-8-9-19-36-28(33)34/h1,3-6,10-11,22-26,29-31H,2,7-9,12-20H2/b6-1-/t22?,23-,24+,25-,26-/m0/s1. The molecule has 0 radical (unpaired) electrons. The van der Waals surface area contributed by atoms with E-state index in [4.69, 9.17) is 4.74 Å². The number of carbonyl (C=O) groups excluding carboxylic acids is 1. The molecule has 2 rings (SSSR count). The Balaban J connectivity index is 1.60. The quantitative estimate of drug-likeness (QED) is 0.0897. The number of rotatable bonds is 18. The van der Waals surface area contributed by atoms with E-state index in [1.807, 2.05) is 30.4 Å². The van der Waals surface area contributed by atoms with Crippen LogP contribution in [0.25, 0.3) is 0 Å². The van der Waals surface area contributed by atoms with Crippen LogP contribution in [0.3, 0.4) is 0 Å². The number of aliphatic hydroxyl groups is 3. The maximum absolute atomic E-state index is 11.7. The van der Waals surface area contributed by atoms with Gasteiger partial charge in [-0.05, 0) is 81.6 Å². The third-order valence-corrected chi connectivity index (χ3v) is 6.79. The summed E-state index contributed by atoms with van der Waals surface area (Å²) in [6.07, 6.45) is 8.87. The van der Waals surface area contributed by atoms with Crippen LogP contribution < -0.4 is 0 Å². The second kappa shape index (κ2) is 17.1. The van der Waals surface area contributed by atoms with Crippen molar-refractivity contribution in [2.24, 2.45) is 11.8 Å². The molecule has 1 fully saturated rings. The highest BCUT2D eigenvalue weighted by atomic mass is 16.9. The maximum Gasteiger partial charge on any atom is 0.305 e. The van der Waals surface area contributed by atoms with E-state index in [0.717, 1.165) is 6.42 Å². The van der Waals surface area contributed by atoms with Gasteiger partial charge in [0.1, 0.15) is 0 Å². The summed E-state index contributed by atoms with van der Waals surface area (Å²) in [5, 5.41) is 40.5. The molecular weight excluding hydrogens is 466 g/mol. The molecule has 0 amide bonds. The summed E-state index contributed by atoms with van der Waals surface area (Å²) < 4.78 is 5.10. The first-order valence-corrected chi connectivity index (χ1v) is 13.0. The lowest BCUT2D eigenvalue weighted by atomic mass is 9.85. The lowest BCUT2D eigenvalue weighted by Gasteiger charge is -2.23. The summed E-state index contributed by atoms with van der Waals surface area (Å²) in [6, 6.07) is 10.1. The van der Waals surface area contributed by atoms with Crippen LogP contribution in [0.1, 0.15) is 69.8 Å². The van der Waals surface area contributed by atoms with Crippen molar-refractivity contribution >= 4 is 5.97 Å². The second-order valence-corrected chi connectivity index (χ2v) is 9.54. The zero-order valence-electron chi connectivity index (χ0n) is 21.0. The Morgan fingerprint density at radius 1 is 1.06 bits per heavy atom. The fourth-order valence-corrected chi connectivity index (χ4v) is 4.75. The molecule has 36 heavy (non-hydrogen) atoms. The third kappa shape index (κ3) is 12.0. The minimum absolute atomic E-state index is 0.00222. The van der Waals surface area contributed by atoms with Crippen LogP contribution in [-0.4, -0.2) is 57.9 Å². The van der Waals surface area contributed by atoms with Crippen molar-refractivity contribution in [3.05, 3.63) is 58.2 Å². The van der Waals surface area contributed by atoms with Gasteiger partial charge < -0.3 is 24.9 Å². The Kier molecular flexibility index (Phi) is 14.1. The van der Waals surface area contributed by atoms with Crippen LogP contribution in [-0.2, 0) is 20.8 Å². The molecular formula is C27H41NO8. The molecule has 9 nitrogen and oxygen atoms in total. The first kappa shape index (κ1) is 29.7. The molecule has 0 saturated heterocycles. The Bertz CT molecular complexity index is 787. The molecule has 0 spiro atoms. The third-order valence-electron chi connectivity index (χ3n) is 6.79. The summed E-state index contributed by atoms with van der Waals surface area (Å²) in [4.78, 5) is 26.0. The average molecular weight is 508 g/mol. The van der Waals surface area contributed by atoms with Crippen molar-refractivity contribution in [1.29, 1.82) is 0 Å². The number of carbonyl (C=O) groups is 1. The van der Waals surface area contributed by atoms with Gasteiger partial charge in [-0.25, -0.2) is 0 Å². The van der Waals surface area contributed by atoms with Gasteiger partial charge in [-0.2, -0.15) is 0 Å². The Hall–Kier alpha value is -2.49. The van der Waals surface area contributed by atoms with E-state index < -0.39 is 23.4 Å². The van der Waals surface area contributed by atoms with E-state index in [1.165, 1.54) is 5.56 Å². The Labute approximate surface area is 213 Å². The van der Waals surface area contributed by atoms with Gasteiger partial charge in [0.2, 0.25) is 0 Å². The van der Waals surface area contributed by atoms with Gasteiger partial charge >= 0.3 is 5.97 Å². The van der Waals surface area contributed by atoms with Crippen molar-refractivity contribution in [1.82, 2.24) is 0 Å². The molecule has 0 heterocycles. The molecule has 1 aromatic rings. The van der Waals surface area contributed by atoms with Crippen molar-refractivity contribution in [2.45, 2.75) is 88.9 Å². The largest absolute Gasteiger partial charge is 0.466 e. The number of aryl methyl sites for hydroxylation is 1. The molecule has 9 heteroatoms. The molecule has 1 aromatic carbocycles. The van der Waals surface area contributed by atoms with Crippen LogP contribution in [0.5, 0.6) is 0 Å². The molecule has 0 bridgehead atoms. The first-order chi connectivity index (χ1) is 17.4. The van der Waals surface area contributed by atoms with Crippen molar-refractivity contribution in [3.63, 3.8) is 0 Å². The number of aliphatic hydroxyl groups excluding tert-OH is 3. The molecule has 1 unspecified atom stereocenters. The van der Waals surface area contributed by atoms with Crippen molar-refractivity contribution in [3.8, 4) is 0 Å². The fraction of sp³-hybridized carbons (Fsp3) is 0.667. The lowest BCUT2D eigenvalue weighted by molar-refractivity contribution is -0.757. The molecule has 0 aliphatic heterocycles. The van der Waals surface area contributed by atoms with Gasteiger partial charge in [0.05, 0.1) is 31.5 Å². The van der Waals surface area contributed by atoms with Crippen LogP contribution >= 0.6 is 0 Å². The van der Waals surface area contributed by atoms with Crippen LogP contribution in [0.15, 0.2) is 42.5 Å². The molecule has 1 aliphatic rings. The predicted octanol–water partition coefficient (Wildman–Crippen LogP) is 3.77. The second-order valence-electron chi connectivity index (χ2n) is 9.54. The number of unbranched alkanes of at least 4 members (excludes halogenated alkanes) is 2. The molecule has 1 saturated carbocycles. The monoisotopic (exact) mass is 507 g/mol. The van der Waals surface area contributed by atoms with Gasteiger partial charge in [0, 0.05) is 6.42 Å². The first-order valence-electron chi connectivity index (χ1n) is 13.0. The topological polar surface area (TPSA) is 139 Å². The van der Waals surface area contributed by atoms with Crippen LogP contribution in [0.2, 0.25) is 0 Å². The Morgan fingerprint density at radius 2 is 1.78 bits per heavy atom. The van der Waals surface area contributed by atoms with Gasteiger partial charge in [-0.3, -0.25) is 4.79 Å². The van der Waals surface area contributed by atoms with E-state index in [1.54, 1.807) is 0 Å². The Morgan fingerprint density at radius 3 is 2.53 bits per heavy atom. The highest BCUT2D eigenvalue weighted by Gasteiger charge is 2.40. The van der Waals surface area contributed by atoms with Crippen LogP contribution in [0.4, 0.5) is 0 Å². The average Bonchev–Trinajstić information content (AvgIpc) is 3.12. The zero-order valence-corrected chi connectivity index (χ0v) is 21.0. The summed E-state index contributed by atoms with van der Waals surface area (Å²) in [5.41, 5.74) is 1.20. The van der Waals surface area contributed by atoms with E-state index in [0.29, 0.717) is 64.2 Å². The summed E-state index contributed by atoms with van der Waals surface area (Å²) in [5.74, 6) is -0.373. The number of hydrogen-bond donors (Lipinski definition) is 3. The van der Waals surface area contributed by atoms with Crippen molar-refractivity contribution in [2.75, 3.05) is 13.2 Å². The maximum atomic E-state index is 11.7. The number of hydrogen-bond acceptors (Lipinski definition) is 8. The van der Waals surface area contributed by atoms with E-state index in [9.17, 15) is 30.2 Å². The van der Waals surface area contributed by atoms with Gasteiger partial charge in [-0.1, -0.05) is 42.5 Å². The summed E-state index contributed by atoms with van der Waals surface area (Å²) in [6.45, 7) is 0.220. The van der Waals surface area contributed by atoms with Gasteiger partial charge in [-0.15, -0.1) is 10.1 Å². The van der Waals surface area contributed by atoms with Gasteiger partial charge in [0.15, 0.2) is 0 Å². The van der Waals surface area contributed by atoms with E-state index >= 15 is 0 Å². The predicted molar refractivity (Wildman–Crippen MR) is 134 cm³/mol. The summed E-state index contributed by atoms with van der Waals surface area (Å²) in [7, 11) is 0. The lowest BCUT2D eigenvalue weighted by Crippen LogP contribution is -2.23. The normalized spacial score (nSPS) is 22.5. The molecule has 3 N–H and O–H groups in total. The molecule has 1 aliphatic carbocycles. The number of esters is 1. The molecule has 5 atom stereocenters. The van der Waals surface area contributed by atoms with E-state index in [2.05, 4.69) is 17.0 Å². The number of nitrogens with zero attached hydrogens (tertiary/aromatic N) is 1. The molecule has 202 valence electrons. The number of benzene rings is 1. The molecule has 0 aromatic heterocycles. The van der Waals surface area contributed by atoms with Crippen molar-refractivity contribution < 1.29 is 34.8 Å². The highest BCUT2D eigenvalue weighted by molar-refractivity contribution is 5.69. The van der Waals surface area contributed by atoms with E-state index in [-0.39, 0.29) is 31.0 Å². The summed E-state index contributed by atoms with van der Waals surface area (Å²) >= 11 is 0.